The summed E-state index contributed by atoms with van der Waals surface area (Å²) in [6.07, 6.45) is 1.23. The Kier molecular flexibility index (Phi) is 2.54. The molecule has 2 aromatic rings. The zero-order valence-corrected chi connectivity index (χ0v) is 11.2. The van der Waals surface area contributed by atoms with Crippen LogP contribution in [0, 0.1) is 6.92 Å². The van der Waals surface area contributed by atoms with Crippen molar-refractivity contribution >= 4 is 20.9 Å². The van der Waals surface area contributed by atoms with E-state index in [0.717, 1.165) is 16.6 Å². The third kappa shape index (κ3) is 1.95. The van der Waals surface area contributed by atoms with Gasteiger partial charge < -0.3 is 4.98 Å². The lowest BCUT2D eigenvalue weighted by Gasteiger charge is -2.19. The predicted octanol–water partition coefficient (Wildman–Crippen LogP) is 2.15. The Morgan fingerprint density at radius 1 is 1.29 bits per heavy atom. The Labute approximate surface area is 101 Å². The molecule has 2 rings (SSSR count). The van der Waals surface area contributed by atoms with E-state index in [2.05, 4.69) is 9.97 Å². The topological polar surface area (TPSA) is 62.8 Å². The molecule has 0 aliphatic rings. The van der Waals surface area contributed by atoms with Crippen molar-refractivity contribution in [2.45, 2.75) is 25.5 Å². The fraction of sp³-hybridized carbons (Fsp3) is 0.417. The first-order chi connectivity index (χ1) is 7.72. The van der Waals surface area contributed by atoms with Crippen LogP contribution in [-0.2, 0) is 14.6 Å². The van der Waals surface area contributed by atoms with Crippen LogP contribution in [0.1, 0.15) is 25.2 Å². The van der Waals surface area contributed by atoms with Gasteiger partial charge in [0.2, 0.25) is 0 Å². The van der Waals surface area contributed by atoms with Crippen LogP contribution in [0.5, 0.6) is 0 Å². The molecule has 0 aliphatic carbocycles. The maximum Gasteiger partial charge on any atom is 0.159 e. The largest absolute Gasteiger partial charge is 0.341 e. The molecule has 1 aromatic carbocycles. The number of aryl methyl sites for hydroxylation is 1. The quantitative estimate of drug-likeness (QED) is 0.890. The summed E-state index contributed by atoms with van der Waals surface area (Å²) in [7, 11) is -3.21. The van der Waals surface area contributed by atoms with E-state index in [4.69, 9.17) is 0 Å². The van der Waals surface area contributed by atoms with Gasteiger partial charge >= 0.3 is 0 Å². The molecular formula is C12H16N2O2S. The number of benzene rings is 1. The van der Waals surface area contributed by atoms with Crippen molar-refractivity contribution in [1.29, 1.82) is 0 Å². The van der Waals surface area contributed by atoms with E-state index in [1.165, 1.54) is 6.26 Å². The third-order valence-corrected chi connectivity index (χ3v) is 5.18. The average molecular weight is 252 g/mol. The van der Waals surface area contributed by atoms with Crippen LogP contribution in [0.3, 0.4) is 0 Å². The van der Waals surface area contributed by atoms with Crippen molar-refractivity contribution in [3.63, 3.8) is 0 Å². The highest BCUT2D eigenvalue weighted by Gasteiger charge is 2.35. The Bertz CT molecular complexity index is 669. The fourth-order valence-corrected chi connectivity index (χ4v) is 2.03. The zero-order chi connectivity index (χ0) is 12.8. The maximum absolute atomic E-state index is 11.7. The first-order valence-corrected chi connectivity index (χ1v) is 7.27. The summed E-state index contributed by atoms with van der Waals surface area (Å²) in [4.78, 5) is 7.45. The molecule has 0 saturated heterocycles. The van der Waals surface area contributed by atoms with Crippen molar-refractivity contribution in [3.8, 4) is 0 Å². The van der Waals surface area contributed by atoms with Gasteiger partial charge in [-0.2, -0.15) is 0 Å². The molecule has 17 heavy (non-hydrogen) atoms. The number of nitrogens with one attached hydrogen (secondary N) is 1. The van der Waals surface area contributed by atoms with Crippen LogP contribution in [0.4, 0.5) is 0 Å². The molecule has 4 nitrogen and oxygen atoms in total. The highest BCUT2D eigenvalue weighted by atomic mass is 32.2. The van der Waals surface area contributed by atoms with Crippen molar-refractivity contribution in [3.05, 3.63) is 29.6 Å². The number of hydrogen-bond donors (Lipinski definition) is 1. The van der Waals surface area contributed by atoms with Gasteiger partial charge in [0.15, 0.2) is 9.84 Å². The van der Waals surface area contributed by atoms with Gasteiger partial charge in [0, 0.05) is 6.26 Å². The molecule has 5 heteroatoms. The summed E-state index contributed by atoms with van der Waals surface area (Å²) in [5.74, 6) is 0.487. The Morgan fingerprint density at radius 3 is 2.53 bits per heavy atom. The van der Waals surface area contributed by atoms with Crippen LogP contribution < -0.4 is 0 Å². The van der Waals surface area contributed by atoms with Gasteiger partial charge in [0.25, 0.3) is 0 Å². The lowest BCUT2D eigenvalue weighted by molar-refractivity contribution is 0.553. The Balaban J connectivity index is 2.65. The monoisotopic (exact) mass is 252 g/mol. The lowest BCUT2D eigenvalue weighted by Crippen LogP contribution is -2.29. The smallest absolute Gasteiger partial charge is 0.159 e. The second kappa shape index (κ2) is 3.57. The Hall–Kier alpha value is -1.36. The van der Waals surface area contributed by atoms with Crippen LogP contribution in [0.15, 0.2) is 18.2 Å². The number of nitrogens with zero attached hydrogens (tertiary/aromatic N) is 1. The lowest BCUT2D eigenvalue weighted by atomic mass is 10.2. The third-order valence-electron chi connectivity index (χ3n) is 3.13. The average Bonchev–Trinajstić information content (AvgIpc) is 2.58. The van der Waals surface area contributed by atoms with Gasteiger partial charge in [0.05, 0.1) is 11.0 Å². The molecule has 0 atom stereocenters. The standard InChI is InChI=1S/C12H16N2O2S/c1-8-5-6-9-10(7-8)14-11(13-9)12(2,3)17(4,15)16/h5-7H,1-4H3,(H,13,14). The van der Waals surface area contributed by atoms with Gasteiger partial charge in [0.1, 0.15) is 10.6 Å². The summed E-state index contributed by atoms with van der Waals surface area (Å²) >= 11 is 0. The van der Waals surface area contributed by atoms with E-state index in [1.54, 1.807) is 13.8 Å². The first-order valence-electron chi connectivity index (χ1n) is 5.38. The minimum atomic E-state index is -3.21. The summed E-state index contributed by atoms with van der Waals surface area (Å²) < 4.78 is 22.5. The number of imidazole rings is 1. The number of aromatic amines is 1. The number of fused-ring (bicyclic) bond motifs is 1. The molecule has 0 fully saturated rings. The van der Waals surface area contributed by atoms with E-state index < -0.39 is 14.6 Å². The number of sulfone groups is 1. The van der Waals surface area contributed by atoms with Crippen LogP contribution >= 0.6 is 0 Å². The molecule has 0 amide bonds. The van der Waals surface area contributed by atoms with Crippen LogP contribution in [0.2, 0.25) is 0 Å². The number of hydrogen-bond acceptors (Lipinski definition) is 3. The summed E-state index contributed by atoms with van der Waals surface area (Å²) in [5, 5.41) is 0. The van der Waals surface area contributed by atoms with Gasteiger partial charge in [-0.15, -0.1) is 0 Å². The molecule has 1 heterocycles. The van der Waals surface area contributed by atoms with Crippen molar-refractivity contribution in [2.24, 2.45) is 0 Å². The molecule has 0 radical (unpaired) electrons. The van der Waals surface area contributed by atoms with E-state index in [9.17, 15) is 8.42 Å². The second-order valence-corrected chi connectivity index (χ2v) is 7.45. The van der Waals surface area contributed by atoms with E-state index in [1.807, 2.05) is 25.1 Å². The minimum Gasteiger partial charge on any atom is -0.341 e. The zero-order valence-electron chi connectivity index (χ0n) is 10.4. The van der Waals surface area contributed by atoms with Crippen molar-refractivity contribution < 1.29 is 8.42 Å². The minimum absolute atomic E-state index is 0.487. The molecule has 0 spiro atoms. The normalized spacial score (nSPS) is 13.2. The fourth-order valence-electron chi connectivity index (χ4n) is 1.58. The second-order valence-electron chi connectivity index (χ2n) is 4.89. The number of H-pyrrole nitrogens is 1. The van der Waals surface area contributed by atoms with Gasteiger partial charge in [-0.3, -0.25) is 0 Å². The molecule has 0 unspecified atom stereocenters. The highest BCUT2D eigenvalue weighted by molar-refractivity contribution is 7.91. The van der Waals surface area contributed by atoms with Gasteiger partial charge in [-0.05, 0) is 38.5 Å². The Morgan fingerprint density at radius 2 is 1.94 bits per heavy atom. The molecule has 0 saturated carbocycles. The SMILES string of the molecule is Cc1ccc2nc(C(C)(C)S(C)(=O)=O)[nH]c2c1. The van der Waals surface area contributed by atoms with E-state index >= 15 is 0 Å². The molecule has 1 aromatic heterocycles. The van der Waals surface area contributed by atoms with Crippen molar-refractivity contribution in [1.82, 2.24) is 9.97 Å². The van der Waals surface area contributed by atoms with Crippen LogP contribution in [0.25, 0.3) is 11.0 Å². The number of rotatable bonds is 2. The van der Waals surface area contributed by atoms with Gasteiger partial charge in [-0.1, -0.05) is 6.07 Å². The van der Waals surface area contributed by atoms with Gasteiger partial charge in [-0.25, -0.2) is 13.4 Å². The first kappa shape index (κ1) is 12.1. The maximum atomic E-state index is 11.7. The molecule has 0 aliphatic heterocycles. The van der Waals surface area contributed by atoms with Crippen LogP contribution in [-0.4, -0.2) is 24.6 Å². The number of aromatic nitrogens is 2. The highest BCUT2D eigenvalue weighted by Crippen LogP contribution is 2.28. The molecule has 92 valence electrons. The molecule has 1 N–H and O–H groups in total. The summed E-state index contributed by atoms with van der Waals surface area (Å²) in [5.41, 5.74) is 2.78. The molecular weight excluding hydrogens is 236 g/mol. The summed E-state index contributed by atoms with van der Waals surface area (Å²) in [6, 6.07) is 5.81. The van der Waals surface area contributed by atoms with E-state index in [0.29, 0.717) is 5.82 Å². The van der Waals surface area contributed by atoms with Crippen molar-refractivity contribution in [2.75, 3.05) is 6.26 Å². The van der Waals surface area contributed by atoms with E-state index in [-0.39, 0.29) is 0 Å². The summed E-state index contributed by atoms with van der Waals surface area (Å²) in [6.45, 7) is 5.31. The molecule has 0 bridgehead atoms. The predicted molar refractivity (Wildman–Crippen MR) is 68.7 cm³/mol.